The molecule has 66 valence electrons. The third-order valence-corrected chi connectivity index (χ3v) is 4.23. The Bertz CT molecular complexity index is 134. The second kappa shape index (κ2) is 3.36. The lowest BCUT2D eigenvalue weighted by Crippen LogP contribution is -2.31. The third-order valence-electron chi connectivity index (χ3n) is 2.40. The van der Waals surface area contributed by atoms with Crippen molar-refractivity contribution in [3.8, 4) is 0 Å². The number of aliphatic hydroxyl groups excluding tert-OH is 1. The monoisotopic (exact) mass is 174 g/mol. The minimum atomic E-state index is -0.0903. The van der Waals surface area contributed by atoms with Crippen molar-refractivity contribution in [1.29, 1.82) is 0 Å². The molecule has 1 saturated heterocycles. The maximum atomic E-state index is 9.83. The molecular formula is C9H18OS. The highest BCUT2D eigenvalue weighted by Gasteiger charge is 2.40. The summed E-state index contributed by atoms with van der Waals surface area (Å²) in [6, 6.07) is 0. The van der Waals surface area contributed by atoms with E-state index in [0.29, 0.717) is 5.25 Å². The molecule has 2 atom stereocenters. The molecule has 11 heavy (non-hydrogen) atoms. The van der Waals surface area contributed by atoms with Gasteiger partial charge in [-0.2, -0.15) is 11.8 Å². The molecule has 0 aromatic rings. The molecule has 0 amide bonds. The Morgan fingerprint density at radius 3 is 2.55 bits per heavy atom. The van der Waals surface area contributed by atoms with E-state index in [1.165, 1.54) is 6.42 Å². The zero-order valence-corrected chi connectivity index (χ0v) is 8.45. The second-order valence-corrected chi connectivity index (χ2v) is 5.30. The number of rotatable bonds is 2. The molecule has 1 rings (SSSR count). The second-order valence-electron chi connectivity index (χ2n) is 4.07. The van der Waals surface area contributed by atoms with Crippen molar-refractivity contribution >= 4 is 11.8 Å². The molecule has 1 heterocycles. The summed E-state index contributed by atoms with van der Waals surface area (Å²) in [6.07, 6.45) is 2.26. The molecular weight excluding hydrogens is 156 g/mol. The van der Waals surface area contributed by atoms with Crippen LogP contribution in [0.2, 0.25) is 0 Å². The van der Waals surface area contributed by atoms with Crippen molar-refractivity contribution in [3.63, 3.8) is 0 Å². The van der Waals surface area contributed by atoms with Gasteiger partial charge in [-0.25, -0.2) is 0 Å². The molecule has 0 radical (unpaired) electrons. The molecule has 0 bridgehead atoms. The fourth-order valence-corrected chi connectivity index (χ4v) is 3.29. The van der Waals surface area contributed by atoms with Crippen LogP contribution in [-0.2, 0) is 0 Å². The first-order chi connectivity index (χ1) is 5.08. The average Bonchev–Trinajstić information content (AvgIpc) is 2.17. The summed E-state index contributed by atoms with van der Waals surface area (Å²) in [7, 11) is 0. The van der Waals surface area contributed by atoms with Gasteiger partial charge in [-0.1, -0.05) is 27.2 Å². The maximum absolute atomic E-state index is 9.83. The predicted octanol–water partition coefficient (Wildman–Crippen LogP) is 2.29. The lowest BCUT2D eigenvalue weighted by molar-refractivity contribution is 0.0730. The lowest BCUT2D eigenvalue weighted by Gasteiger charge is -2.23. The fourth-order valence-electron chi connectivity index (χ4n) is 1.53. The highest BCUT2D eigenvalue weighted by molar-refractivity contribution is 8.00. The standard InChI is InChI=1S/C9H18OS/c1-4-5-7-8(10)9(2,3)6-11-7/h7-8,10H,4-6H2,1-3H3/t7-,8-/m1/s1. The van der Waals surface area contributed by atoms with E-state index >= 15 is 0 Å². The van der Waals surface area contributed by atoms with Gasteiger partial charge in [-0.05, 0) is 6.42 Å². The number of aliphatic hydroxyl groups is 1. The van der Waals surface area contributed by atoms with Crippen LogP contribution in [0.3, 0.4) is 0 Å². The van der Waals surface area contributed by atoms with Crippen LogP contribution in [0.25, 0.3) is 0 Å². The van der Waals surface area contributed by atoms with E-state index in [-0.39, 0.29) is 11.5 Å². The number of hydrogen-bond acceptors (Lipinski definition) is 2. The quantitative estimate of drug-likeness (QED) is 0.693. The van der Waals surface area contributed by atoms with Gasteiger partial charge >= 0.3 is 0 Å². The minimum Gasteiger partial charge on any atom is -0.391 e. The topological polar surface area (TPSA) is 20.2 Å². The van der Waals surface area contributed by atoms with Crippen LogP contribution in [0.5, 0.6) is 0 Å². The van der Waals surface area contributed by atoms with Crippen molar-refractivity contribution in [2.24, 2.45) is 5.41 Å². The van der Waals surface area contributed by atoms with Crippen molar-refractivity contribution in [2.75, 3.05) is 5.75 Å². The molecule has 1 aliphatic heterocycles. The smallest absolute Gasteiger partial charge is 0.0717 e. The first-order valence-corrected chi connectivity index (χ1v) is 5.42. The van der Waals surface area contributed by atoms with Crippen LogP contribution in [-0.4, -0.2) is 22.2 Å². The van der Waals surface area contributed by atoms with Gasteiger partial charge in [0, 0.05) is 16.4 Å². The van der Waals surface area contributed by atoms with Crippen LogP contribution in [0.15, 0.2) is 0 Å². The summed E-state index contributed by atoms with van der Waals surface area (Å²) in [4.78, 5) is 0. The van der Waals surface area contributed by atoms with E-state index < -0.39 is 0 Å². The molecule has 1 aliphatic rings. The third kappa shape index (κ3) is 1.91. The Morgan fingerprint density at radius 1 is 1.55 bits per heavy atom. The van der Waals surface area contributed by atoms with E-state index in [2.05, 4.69) is 20.8 Å². The zero-order chi connectivity index (χ0) is 8.48. The van der Waals surface area contributed by atoms with Crippen LogP contribution >= 0.6 is 11.8 Å². The Kier molecular flexibility index (Phi) is 2.87. The molecule has 0 spiro atoms. The van der Waals surface area contributed by atoms with Gasteiger partial charge in [0.2, 0.25) is 0 Å². The van der Waals surface area contributed by atoms with Crippen molar-refractivity contribution in [1.82, 2.24) is 0 Å². The minimum absolute atomic E-state index is 0.0903. The van der Waals surface area contributed by atoms with Gasteiger partial charge in [0.15, 0.2) is 0 Å². The van der Waals surface area contributed by atoms with Crippen molar-refractivity contribution in [2.45, 2.75) is 45.0 Å². The van der Waals surface area contributed by atoms with Crippen molar-refractivity contribution in [3.05, 3.63) is 0 Å². The normalized spacial score (nSPS) is 36.0. The Labute approximate surface area is 73.6 Å². The molecule has 0 aromatic carbocycles. The van der Waals surface area contributed by atoms with Gasteiger partial charge in [0.25, 0.3) is 0 Å². The zero-order valence-electron chi connectivity index (χ0n) is 7.63. The van der Waals surface area contributed by atoms with Gasteiger partial charge in [0.05, 0.1) is 6.10 Å². The molecule has 0 unspecified atom stereocenters. The van der Waals surface area contributed by atoms with E-state index in [0.717, 1.165) is 12.2 Å². The van der Waals surface area contributed by atoms with E-state index in [9.17, 15) is 5.11 Å². The van der Waals surface area contributed by atoms with Gasteiger partial charge in [-0.15, -0.1) is 0 Å². The molecule has 0 aliphatic carbocycles. The van der Waals surface area contributed by atoms with E-state index in [1.54, 1.807) is 0 Å². The van der Waals surface area contributed by atoms with Crippen LogP contribution < -0.4 is 0 Å². The van der Waals surface area contributed by atoms with Gasteiger partial charge in [0.1, 0.15) is 0 Å². The molecule has 2 heteroatoms. The Morgan fingerprint density at radius 2 is 2.18 bits per heavy atom. The van der Waals surface area contributed by atoms with Crippen LogP contribution in [0.4, 0.5) is 0 Å². The van der Waals surface area contributed by atoms with Gasteiger partial charge < -0.3 is 5.11 Å². The molecule has 1 nitrogen and oxygen atoms in total. The van der Waals surface area contributed by atoms with Crippen LogP contribution in [0, 0.1) is 5.41 Å². The van der Waals surface area contributed by atoms with Gasteiger partial charge in [-0.3, -0.25) is 0 Å². The highest BCUT2D eigenvalue weighted by Crippen LogP contribution is 2.42. The summed E-state index contributed by atoms with van der Waals surface area (Å²) in [5.74, 6) is 1.11. The molecule has 0 saturated carbocycles. The highest BCUT2D eigenvalue weighted by atomic mass is 32.2. The predicted molar refractivity (Wildman–Crippen MR) is 50.9 cm³/mol. The SMILES string of the molecule is CCC[C@H]1SCC(C)(C)[C@@H]1O. The summed E-state index contributed by atoms with van der Waals surface area (Å²) in [5.41, 5.74) is 0.143. The molecule has 1 fully saturated rings. The fraction of sp³-hybridized carbons (Fsp3) is 1.00. The largest absolute Gasteiger partial charge is 0.391 e. The summed E-state index contributed by atoms with van der Waals surface area (Å²) >= 11 is 1.93. The number of hydrogen-bond donors (Lipinski definition) is 1. The van der Waals surface area contributed by atoms with Crippen molar-refractivity contribution < 1.29 is 5.11 Å². The Balaban J connectivity index is 2.49. The van der Waals surface area contributed by atoms with E-state index in [1.807, 2.05) is 11.8 Å². The number of thioether (sulfide) groups is 1. The summed E-state index contributed by atoms with van der Waals surface area (Å²) in [6.45, 7) is 6.49. The molecule has 1 N–H and O–H groups in total. The maximum Gasteiger partial charge on any atom is 0.0717 e. The average molecular weight is 174 g/mol. The summed E-state index contributed by atoms with van der Waals surface area (Å²) < 4.78 is 0. The van der Waals surface area contributed by atoms with E-state index in [4.69, 9.17) is 0 Å². The first kappa shape index (κ1) is 9.40. The summed E-state index contributed by atoms with van der Waals surface area (Å²) in [5, 5.41) is 10.3. The first-order valence-electron chi connectivity index (χ1n) is 4.37. The Hall–Kier alpha value is 0.310. The molecule has 0 aromatic heterocycles. The van der Waals surface area contributed by atoms with Crippen LogP contribution in [0.1, 0.15) is 33.6 Å². The lowest BCUT2D eigenvalue weighted by atomic mass is 9.86.